The lowest BCUT2D eigenvalue weighted by Gasteiger charge is -2.13. The SMILES string of the molecule is COc1ccc(CC(C)N)cc1OCc1cccc(C)c1. The van der Waals surface area contributed by atoms with Crippen molar-refractivity contribution >= 4 is 0 Å². The van der Waals surface area contributed by atoms with Crippen LogP contribution in [-0.4, -0.2) is 13.2 Å². The molecule has 3 nitrogen and oxygen atoms in total. The van der Waals surface area contributed by atoms with Crippen molar-refractivity contribution < 1.29 is 9.47 Å². The topological polar surface area (TPSA) is 44.5 Å². The zero-order valence-corrected chi connectivity index (χ0v) is 12.9. The first-order valence-corrected chi connectivity index (χ1v) is 7.19. The average Bonchev–Trinajstić information content (AvgIpc) is 2.45. The number of hydrogen-bond donors (Lipinski definition) is 1. The minimum absolute atomic E-state index is 0.128. The van der Waals surface area contributed by atoms with Crippen molar-refractivity contribution in [3.05, 3.63) is 59.2 Å². The number of methoxy groups -OCH3 is 1. The van der Waals surface area contributed by atoms with Gasteiger partial charge in [-0.05, 0) is 43.5 Å². The molecule has 0 fully saturated rings. The highest BCUT2D eigenvalue weighted by Crippen LogP contribution is 2.29. The number of nitrogens with two attached hydrogens (primary N) is 1. The zero-order chi connectivity index (χ0) is 15.2. The van der Waals surface area contributed by atoms with E-state index in [0.29, 0.717) is 6.61 Å². The van der Waals surface area contributed by atoms with Gasteiger partial charge in [0.1, 0.15) is 6.61 Å². The van der Waals surface area contributed by atoms with Crippen molar-refractivity contribution in [2.75, 3.05) is 7.11 Å². The van der Waals surface area contributed by atoms with Crippen LogP contribution in [0.3, 0.4) is 0 Å². The molecule has 2 rings (SSSR count). The molecule has 0 saturated carbocycles. The van der Waals surface area contributed by atoms with Gasteiger partial charge < -0.3 is 15.2 Å². The Morgan fingerprint density at radius 2 is 1.86 bits per heavy atom. The summed E-state index contributed by atoms with van der Waals surface area (Å²) in [5.41, 5.74) is 9.39. The Morgan fingerprint density at radius 3 is 2.52 bits per heavy atom. The Balaban J connectivity index is 2.13. The second-order valence-corrected chi connectivity index (χ2v) is 5.44. The molecule has 0 aliphatic rings. The maximum Gasteiger partial charge on any atom is 0.161 e. The van der Waals surface area contributed by atoms with Crippen molar-refractivity contribution in [2.24, 2.45) is 5.73 Å². The van der Waals surface area contributed by atoms with E-state index in [1.807, 2.05) is 31.2 Å². The minimum Gasteiger partial charge on any atom is -0.493 e. The lowest BCUT2D eigenvalue weighted by atomic mass is 10.1. The maximum atomic E-state index is 5.93. The predicted molar refractivity (Wildman–Crippen MR) is 85.9 cm³/mol. The van der Waals surface area contributed by atoms with Gasteiger partial charge in [0.15, 0.2) is 11.5 Å². The van der Waals surface area contributed by atoms with Crippen molar-refractivity contribution in [3.63, 3.8) is 0 Å². The second-order valence-electron chi connectivity index (χ2n) is 5.44. The molecule has 0 heterocycles. The van der Waals surface area contributed by atoms with Gasteiger partial charge in [-0.1, -0.05) is 35.9 Å². The molecule has 2 N–H and O–H groups in total. The fraction of sp³-hybridized carbons (Fsp3) is 0.333. The summed E-state index contributed by atoms with van der Waals surface area (Å²) in [4.78, 5) is 0. The molecular formula is C18H23NO2. The molecule has 2 aromatic carbocycles. The van der Waals surface area contributed by atoms with Gasteiger partial charge in [-0.25, -0.2) is 0 Å². The van der Waals surface area contributed by atoms with E-state index < -0.39 is 0 Å². The molecule has 1 atom stereocenters. The monoisotopic (exact) mass is 285 g/mol. The summed E-state index contributed by atoms with van der Waals surface area (Å²) >= 11 is 0. The van der Waals surface area contributed by atoms with Crippen LogP contribution in [0, 0.1) is 6.92 Å². The van der Waals surface area contributed by atoms with Gasteiger partial charge >= 0.3 is 0 Å². The fourth-order valence-electron chi connectivity index (χ4n) is 2.30. The van der Waals surface area contributed by atoms with E-state index in [9.17, 15) is 0 Å². The minimum atomic E-state index is 0.128. The van der Waals surface area contributed by atoms with Gasteiger partial charge in [0.25, 0.3) is 0 Å². The van der Waals surface area contributed by atoms with Crippen LogP contribution in [0.4, 0.5) is 0 Å². The second kappa shape index (κ2) is 7.14. The van der Waals surface area contributed by atoms with E-state index >= 15 is 0 Å². The molecule has 112 valence electrons. The van der Waals surface area contributed by atoms with Gasteiger partial charge in [0, 0.05) is 6.04 Å². The van der Waals surface area contributed by atoms with Gasteiger partial charge in [0.2, 0.25) is 0 Å². The van der Waals surface area contributed by atoms with Crippen molar-refractivity contribution in [1.82, 2.24) is 0 Å². The van der Waals surface area contributed by atoms with Crippen molar-refractivity contribution in [1.29, 1.82) is 0 Å². The summed E-state index contributed by atoms with van der Waals surface area (Å²) in [5, 5.41) is 0. The molecule has 1 unspecified atom stereocenters. The Kier molecular flexibility index (Phi) is 5.23. The number of aryl methyl sites for hydroxylation is 1. The van der Waals surface area contributed by atoms with Crippen LogP contribution in [-0.2, 0) is 13.0 Å². The van der Waals surface area contributed by atoms with Gasteiger partial charge in [-0.3, -0.25) is 0 Å². The Bertz CT molecular complexity index is 594. The highest BCUT2D eigenvalue weighted by molar-refractivity contribution is 5.43. The van der Waals surface area contributed by atoms with E-state index in [1.54, 1.807) is 7.11 Å². The molecule has 2 aromatic rings. The van der Waals surface area contributed by atoms with Gasteiger partial charge in [-0.15, -0.1) is 0 Å². The Morgan fingerprint density at radius 1 is 1.05 bits per heavy atom. The third-order valence-corrected chi connectivity index (χ3v) is 3.26. The molecule has 0 saturated heterocycles. The van der Waals surface area contributed by atoms with Gasteiger partial charge in [0.05, 0.1) is 7.11 Å². The lowest BCUT2D eigenvalue weighted by Crippen LogP contribution is -2.17. The summed E-state index contributed by atoms with van der Waals surface area (Å²) in [6.07, 6.45) is 0.824. The first kappa shape index (κ1) is 15.4. The van der Waals surface area contributed by atoms with Crippen molar-refractivity contribution in [3.8, 4) is 11.5 Å². The highest BCUT2D eigenvalue weighted by atomic mass is 16.5. The summed E-state index contributed by atoms with van der Waals surface area (Å²) in [6.45, 7) is 4.60. The largest absolute Gasteiger partial charge is 0.493 e. The van der Waals surface area contributed by atoms with Crippen LogP contribution in [0.15, 0.2) is 42.5 Å². The molecule has 0 bridgehead atoms. The van der Waals surface area contributed by atoms with Crippen LogP contribution in [0.25, 0.3) is 0 Å². The molecule has 0 aliphatic heterocycles. The first-order valence-electron chi connectivity index (χ1n) is 7.19. The zero-order valence-electron chi connectivity index (χ0n) is 12.9. The van der Waals surface area contributed by atoms with E-state index in [-0.39, 0.29) is 6.04 Å². The third-order valence-electron chi connectivity index (χ3n) is 3.26. The molecule has 0 radical (unpaired) electrons. The number of benzene rings is 2. The summed E-state index contributed by atoms with van der Waals surface area (Å²) in [6, 6.07) is 14.4. The van der Waals surface area contributed by atoms with E-state index in [2.05, 4.69) is 25.1 Å². The van der Waals surface area contributed by atoms with E-state index in [4.69, 9.17) is 15.2 Å². The number of rotatable bonds is 6. The van der Waals surface area contributed by atoms with Crippen LogP contribution >= 0.6 is 0 Å². The first-order chi connectivity index (χ1) is 10.1. The van der Waals surface area contributed by atoms with E-state index in [1.165, 1.54) is 5.56 Å². The lowest BCUT2D eigenvalue weighted by molar-refractivity contribution is 0.284. The van der Waals surface area contributed by atoms with Crippen LogP contribution in [0.5, 0.6) is 11.5 Å². The molecule has 0 aromatic heterocycles. The summed E-state index contributed by atoms with van der Waals surface area (Å²) < 4.78 is 11.3. The molecule has 0 spiro atoms. The number of ether oxygens (including phenoxy) is 2. The quantitative estimate of drug-likeness (QED) is 0.884. The third kappa shape index (κ3) is 4.50. The molecular weight excluding hydrogens is 262 g/mol. The molecule has 3 heteroatoms. The fourth-order valence-corrected chi connectivity index (χ4v) is 2.30. The molecule has 21 heavy (non-hydrogen) atoms. The summed E-state index contributed by atoms with van der Waals surface area (Å²) in [7, 11) is 1.65. The maximum absolute atomic E-state index is 5.93. The molecule has 0 amide bonds. The van der Waals surface area contributed by atoms with E-state index in [0.717, 1.165) is 29.0 Å². The smallest absolute Gasteiger partial charge is 0.161 e. The Hall–Kier alpha value is -2.00. The van der Waals surface area contributed by atoms with Gasteiger partial charge in [-0.2, -0.15) is 0 Å². The highest BCUT2D eigenvalue weighted by Gasteiger charge is 2.07. The number of hydrogen-bond acceptors (Lipinski definition) is 3. The average molecular weight is 285 g/mol. The Labute approximate surface area is 126 Å². The summed E-state index contributed by atoms with van der Waals surface area (Å²) in [5.74, 6) is 1.51. The van der Waals surface area contributed by atoms with Crippen LogP contribution in [0.1, 0.15) is 23.6 Å². The van der Waals surface area contributed by atoms with Crippen LogP contribution < -0.4 is 15.2 Å². The van der Waals surface area contributed by atoms with Crippen LogP contribution in [0.2, 0.25) is 0 Å². The molecule has 0 aliphatic carbocycles. The normalized spacial score (nSPS) is 12.0. The predicted octanol–water partition coefficient (Wildman–Crippen LogP) is 3.47. The van der Waals surface area contributed by atoms with Crippen molar-refractivity contribution in [2.45, 2.75) is 32.9 Å². The standard InChI is InChI=1S/C18H23NO2/c1-13-5-4-6-16(9-13)12-21-18-11-15(10-14(2)19)7-8-17(18)20-3/h4-9,11,14H,10,12,19H2,1-3H3.